The van der Waals surface area contributed by atoms with Gasteiger partial charge in [0.2, 0.25) is 5.89 Å². The number of hydrogen-bond acceptors (Lipinski definition) is 6. The standard InChI is InChI=1S/C30H47F3N6O2/c1-18(2)38-16-19(3)39(17-24(38)20-7-5-8-20)23-9-6-10-30(32,33)25(23)34-28(40)37-13-11-29(4,12-14-37)27-35-26(41-36-27)21-15-22(21)31/h18-25H,5-17H2,1-4H3,(H,34,40)/t19-,21+,22-,23-,24?,25+/m0/s1. The minimum Gasteiger partial charge on any atom is -0.339 e. The van der Waals surface area contributed by atoms with Crippen LogP contribution < -0.4 is 5.32 Å². The maximum atomic E-state index is 15.6. The number of carbonyl (C=O) groups excluding carboxylic acids is 1. The minimum atomic E-state index is -2.96. The SMILES string of the molecule is CC(C)N1C[C@H](C)N([C@H]2CCCC(F)(F)[C@@H]2NC(=O)N2CCC(C)(c3noc([C@@H]4C[C@@H]4F)n3)CC2)CC1C1CCC1. The Morgan fingerprint density at radius 3 is 2.39 bits per heavy atom. The fourth-order valence-electron chi connectivity index (χ4n) is 7.76. The van der Waals surface area contributed by atoms with E-state index < -0.39 is 29.6 Å². The van der Waals surface area contributed by atoms with Gasteiger partial charge in [-0.25, -0.2) is 18.0 Å². The molecular formula is C30H47F3N6O2. The third kappa shape index (κ3) is 5.61. The van der Waals surface area contributed by atoms with E-state index in [9.17, 15) is 9.18 Å². The number of nitrogens with zero attached hydrogens (tertiary/aromatic N) is 5. The van der Waals surface area contributed by atoms with Gasteiger partial charge in [-0.1, -0.05) is 18.5 Å². The first kappa shape index (κ1) is 29.2. The molecule has 3 saturated carbocycles. The van der Waals surface area contributed by atoms with E-state index in [1.807, 2.05) is 6.92 Å². The summed E-state index contributed by atoms with van der Waals surface area (Å²) in [7, 11) is 0. The van der Waals surface area contributed by atoms with Crippen molar-refractivity contribution >= 4 is 6.03 Å². The number of halogens is 3. The van der Waals surface area contributed by atoms with Gasteiger partial charge in [-0.05, 0) is 71.6 Å². The normalized spacial score (nSPS) is 36.2. The highest BCUT2D eigenvalue weighted by Gasteiger charge is 2.53. The van der Waals surface area contributed by atoms with Crippen LogP contribution in [0.4, 0.5) is 18.0 Å². The molecule has 5 fully saturated rings. The summed E-state index contributed by atoms with van der Waals surface area (Å²) in [5.41, 5.74) is -0.404. The van der Waals surface area contributed by atoms with Crippen LogP contribution in [0, 0.1) is 5.92 Å². The zero-order valence-electron chi connectivity index (χ0n) is 25.0. The molecule has 3 heterocycles. The Kier molecular flexibility index (Phi) is 7.83. The summed E-state index contributed by atoms with van der Waals surface area (Å²) in [6.07, 6.45) is 5.32. The molecule has 11 heteroatoms. The first-order valence-corrected chi connectivity index (χ1v) is 15.9. The van der Waals surface area contributed by atoms with Gasteiger partial charge < -0.3 is 14.7 Å². The number of urea groups is 1. The predicted molar refractivity (Wildman–Crippen MR) is 149 cm³/mol. The average molecular weight is 581 g/mol. The molecule has 2 amide bonds. The molecule has 0 radical (unpaired) electrons. The summed E-state index contributed by atoms with van der Waals surface area (Å²) >= 11 is 0. The molecular weight excluding hydrogens is 533 g/mol. The lowest BCUT2D eigenvalue weighted by molar-refractivity contribution is -0.118. The van der Waals surface area contributed by atoms with Crippen LogP contribution in [0.3, 0.4) is 0 Å². The molecule has 5 aliphatic rings. The van der Waals surface area contributed by atoms with Crippen molar-refractivity contribution in [2.45, 2.75) is 139 Å². The van der Waals surface area contributed by atoms with Crippen molar-refractivity contribution in [1.82, 2.24) is 30.2 Å². The van der Waals surface area contributed by atoms with Crippen molar-refractivity contribution in [1.29, 1.82) is 0 Å². The van der Waals surface area contributed by atoms with Gasteiger partial charge in [0.05, 0.1) is 5.92 Å². The second kappa shape index (κ2) is 11.0. The zero-order valence-corrected chi connectivity index (χ0v) is 25.0. The van der Waals surface area contributed by atoms with Gasteiger partial charge >= 0.3 is 6.03 Å². The van der Waals surface area contributed by atoms with E-state index >= 15 is 8.78 Å². The van der Waals surface area contributed by atoms with Gasteiger partial charge in [-0.3, -0.25) is 9.80 Å². The predicted octanol–water partition coefficient (Wildman–Crippen LogP) is 5.10. The first-order chi connectivity index (χ1) is 19.5. The molecule has 1 aromatic rings. The Labute approximate surface area is 241 Å². The Hall–Kier alpha value is -1.88. The molecule has 0 aromatic carbocycles. The summed E-state index contributed by atoms with van der Waals surface area (Å²) in [4.78, 5) is 24.5. The van der Waals surface area contributed by atoms with Gasteiger partial charge in [0.15, 0.2) is 5.82 Å². The second-order valence-corrected chi connectivity index (χ2v) is 14.1. The van der Waals surface area contributed by atoms with Gasteiger partial charge in [0.1, 0.15) is 12.2 Å². The average Bonchev–Trinajstić information content (AvgIpc) is 3.40. The molecule has 1 unspecified atom stereocenters. The van der Waals surface area contributed by atoms with Crippen LogP contribution in [0.15, 0.2) is 4.52 Å². The Morgan fingerprint density at radius 2 is 1.78 bits per heavy atom. The molecule has 8 nitrogen and oxygen atoms in total. The summed E-state index contributed by atoms with van der Waals surface area (Å²) in [5.74, 6) is -1.73. The van der Waals surface area contributed by atoms with E-state index in [2.05, 4.69) is 46.0 Å². The van der Waals surface area contributed by atoms with E-state index in [0.29, 0.717) is 74.9 Å². The Morgan fingerprint density at radius 1 is 1.07 bits per heavy atom. The van der Waals surface area contributed by atoms with Crippen LogP contribution in [0.25, 0.3) is 0 Å². The van der Waals surface area contributed by atoms with Crippen molar-refractivity contribution in [2.75, 3.05) is 26.2 Å². The monoisotopic (exact) mass is 580 g/mol. The van der Waals surface area contributed by atoms with Gasteiger partial charge in [-0.15, -0.1) is 0 Å². The number of likely N-dealkylation sites (tertiary alicyclic amines) is 1. The van der Waals surface area contributed by atoms with Crippen LogP contribution in [-0.4, -0.2) is 99.4 Å². The number of amides is 2. The van der Waals surface area contributed by atoms with Crippen LogP contribution in [0.5, 0.6) is 0 Å². The third-order valence-corrected chi connectivity index (χ3v) is 10.9. The summed E-state index contributed by atoms with van der Waals surface area (Å²) in [6, 6.07) is -1.06. The maximum absolute atomic E-state index is 15.6. The van der Waals surface area contributed by atoms with E-state index in [-0.39, 0.29) is 24.4 Å². The van der Waals surface area contributed by atoms with Gasteiger partial charge in [0, 0.05) is 62.2 Å². The number of nitrogens with one attached hydrogen (secondary N) is 1. The zero-order chi connectivity index (χ0) is 29.1. The number of carbonyl (C=O) groups is 1. The number of piperidine rings is 1. The fourth-order valence-corrected chi connectivity index (χ4v) is 7.76. The van der Waals surface area contributed by atoms with Crippen LogP contribution in [-0.2, 0) is 5.41 Å². The topological polar surface area (TPSA) is 77.7 Å². The quantitative estimate of drug-likeness (QED) is 0.505. The van der Waals surface area contributed by atoms with Crippen molar-refractivity contribution in [3.05, 3.63) is 11.7 Å². The lowest BCUT2D eigenvalue weighted by atomic mass is 9.76. The second-order valence-electron chi connectivity index (χ2n) is 14.1. The van der Waals surface area contributed by atoms with E-state index in [1.54, 1.807) is 4.90 Å². The number of rotatable bonds is 6. The van der Waals surface area contributed by atoms with Gasteiger partial charge in [-0.2, -0.15) is 4.98 Å². The van der Waals surface area contributed by atoms with E-state index in [1.165, 1.54) is 19.3 Å². The molecule has 2 saturated heterocycles. The Balaban J connectivity index is 1.12. The highest BCUT2D eigenvalue weighted by Crippen LogP contribution is 2.44. The lowest BCUT2D eigenvalue weighted by Gasteiger charge is -2.55. The molecule has 0 bridgehead atoms. The van der Waals surface area contributed by atoms with Crippen molar-refractivity contribution < 1.29 is 22.5 Å². The van der Waals surface area contributed by atoms with E-state index in [4.69, 9.17) is 4.52 Å². The number of hydrogen-bond donors (Lipinski definition) is 1. The number of piperazine rings is 1. The van der Waals surface area contributed by atoms with Crippen molar-refractivity contribution in [2.24, 2.45) is 5.92 Å². The third-order valence-electron chi connectivity index (χ3n) is 10.9. The number of aromatic nitrogens is 2. The molecule has 41 heavy (non-hydrogen) atoms. The molecule has 6 atom stereocenters. The molecule has 2 aliphatic heterocycles. The fraction of sp³-hybridized carbons (Fsp3) is 0.900. The molecule has 6 rings (SSSR count). The Bertz CT molecular complexity index is 1090. The van der Waals surface area contributed by atoms with E-state index in [0.717, 1.165) is 13.1 Å². The van der Waals surface area contributed by atoms with Crippen LogP contribution in [0.2, 0.25) is 0 Å². The lowest BCUT2D eigenvalue weighted by Crippen LogP contribution is -2.70. The molecule has 1 N–H and O–H groups in total. The highest BCUT2D eigenvalue weighted by atomic mass is 19.3. The smallest absolute Gasteiger partial charge is 0.317 e. The van der Waals surface area contributed by atoms with Crippen LogP contribution >= 0.6 is 0 Å². The molecule has 1 aromatic heterocycles. The van der Waals surface area contributed by atoms with Crippen LogP contribution in [0.1, 0.15) is 103 Å². The van der Waals surface area contributed by atoms with Crippen molar-refractivity contribution in [3.8, 4) is 0 Å². The highest BCUT2D eigenvalue weighted by molar-refractivity contribution is 5.75. The summed E-state index contributed by atoms with van der Waals surface area (Å²) < 4.78 is 49.9. The first-order valence-electron chi connectivity index (χ1n) is 15.9. The summed E-state index contributed by atoms with van der Waals surface area (Å²) in [6.45, 7) is 11.1. The summed E-state index contributed by atoms with van der Waals surface area (Å²) in [5, 5.41) is 6.97. The number of alkyl halides is 3. The molecule has 230 valence electrons. The van der Waals surface area contributed by atoms with Crippen molar-refractivity contribution in [3.63, 3.8) is 0 Å². The van der Waals surface area contributed by atoms with Gasteiger partial charge in [0.25, 0.3) is 5.92 Å². The maximum Gasteiger partial charge on any atom is 0.317 e. The molecule has 3 aliphatic carbocycles. The largest absolute Gasteiger partial charge is 0.339 e. The minimum absolute atomic E-state index is 0.144. The molecule has 0 spiro atoms.